The first-order valence-corrected chi connectivity index (χ1v) is 2.69. The zero-order valence-electron chi connectivity index (χ0n) is 5.14. The summed E-state index contributed by atoms with van der Waals surface area (Å²) in [6.07, 6.45) is -5.70. The Bertz CT molecular complexity index is 108. The van der Waals surface area contributed by atoms with Crippen LogP contribution in [0.15, 0.2) is 0 Å². The van der Waals surface area contributed by atoms with E-state index in [0.29, 0.717) is 0 Å². The summed E-state index contributed by atoms with van der Waals surface area (Å²) in [6, 6.07) is 0. The number of carbonyl (C=O) groups excluding carboxylic acids is 1. The van der Waals surface area contributed by atoms with Crippen molar-refractivity contribution in [3.05, 3.63) is 0 Å². The molecule has 0 fully saturated rings. The van der Waals surface area contributed by atoms with Gasteiger partial charge in [0.15, 0.2) is 12.5 Å². The molecule has 3 atom stereocenters. The second kappa shape index (κ2) is 4.32. The monoisotopic (exact) mass is 152 g/mol. The maximum Gasteiger partial charge on any atom is 0.161 e. The van der Waals surface area contributed by atoms with Crippen molar-refractivity contribution in [2.45, 2.75) is 18.4 Å². The molecule has 0 spiro atoms. The van der Waals surface area contributed by atoms with Crippen molar-refractivity contribution < 1.29 is 24.5 Å². The summed E-state index contributed by atoms with van der Waals surface area (Å²) < 4.78 is 12.3. The van der Waals surface area contributed by atoms with E-state index in [9.17, 15) is 9.18 Å². The van der Waals surface area contributed by atoms with Gasteiger partial charge >= 0.3 is 0 Å². The lowest BCUT2D eigenvalue weighted by Gasteiger charge is -2.13. The Morgan fingerprint density at radius 1 is 1.50 bits per heavy atom. The van der Waals surface area contributed by atoms with Crippen molar-refractivity contribution in [3.8, 4) is 0 Å². The summed E-state index contributed by atoms with van der Waals surface area (Å²) >= 11 is 0. The van der Waals surface area contributed by atoms with E-state index in [1.165, 1.54) is 0 Å². The smallest absolute Gasteiger partial charge is 0.161 e. The average molecular weight is 152 g/mol. The van der Waals surface area contributed by atoms with Crippen LogP contribution in [0.1, 0.15) is 0 Å². The van der Waals surface area contributed by atoms with Gasteiger partial charge in [-0.1, -0.05) is 0 Å². The molecule has 0 bridgehead atoms. The van der Waals surface area contributed by atoms with Crippen molar-refractivity contribution in [2.24, 2.45) is 0 Å². The van der Waals surface area contributed by atoms with Crippen LogP contribution in [0.4, 0.5) is 4.39 Å². The lowest BCUT2D eigenvalue weighted by atomic mass is 10.1. The number of alkyl halides is 1. The molecule has 0 radical (unpaired) electrons. The number of halogens is 1. The number of hydrogen-bond acceptors (Lipinski definition) is 4. The van der Waals surface area contributed by atoms with E-state index in [1.54, 1.807) is 0 Å². The van der Waals surface area contributed by atoms with E-state index >= 15 is 0 Å². The highest BCUT2D eigenvalue weighted by molar-refractivity contribution is 5.56. The summed E-state index contributed by atoms with van der Waals surface area (Å²) in [4.78, 5) is 9.68. The topological polar surface area (TPSA) is 77.8 Å². The van der Waals surface area contributed by atoms with Crippen LogP contribution in [-0.2, 0) is 4.79 Å². The van der Waals surface area contributed by atoms with Gasteiger partial charge in [-0.3, -0.25) is 0 Å². The Kier molecular flexibility index (Phi) is 4.10. The lowest BCUT2D eigenvalue weighted by molar-refractivity contribution is -0.121. The first kappa shape index (κ1) is 9.48. The van der Waals surface area contributed by atoms with E-state index in [-0.39, 0.29) is 6.29 Å². The van der Waals surface area contributed by atoms with Gasteiger partial charge in [-0.05, 0) is 0 Å². The first-order chi connectivity index (χ1) is 4.63. The van der Waals surface area contributed by atoms with Crippen LogP contribution in [0.3, 0.4) is 0 Å². The minimum absolute atomic E-state index is 0.0381. The van der Waals surface area contributed by atoms with E-state index in [0.717, 1.165) is 0 Å². The van der Waals surface area contributed by atoms with E-state index in [2.05, 4.69) is 0 Å². The molecule has 0 saturated carbocycles. The summed E-state index contributed by atoms with van der Waals surface area (Å²) in [5, 5.41) is 25.0. The van der Waals surface area contributed by atoms with Gasteiger partial charge in [-0.2, -0.15) is 0 Å². The fourth-order valence-electron chi connectivity index (χ4n) is 0.403. The predicted molar refractivity (Wildman–Crippen MR) is 30.1 cm³/mol. The summed E-state index contributed by atoms with van der Waals surface area (Å²) in [5.74, 6) is 0. The summed E-state index contributed by atoms with van der Waals surface area (Å²) in [6.45, 7) is -0.813. The zero-order chi connectivity index (χ0) is 8.15. The first-order valence-electron chi connectivity index (χ1n) is 2.69. The molecule has 5 heteroatoms. The van der Waals surface area contributed by atoms with Gasteiger partial charge in [-0.25, -0.2) is 4.39 Å². The third-order valence-corrected chi connectivity index (χ3v) is 1.02. The molecule has 0 heterocycles. The molecular formula is C5H9FO4. The Morgan fingerprint density at radius 3 is 2.30 bits per heavy atom. The van der Waals surface area contributed by atoms with Gasteiger partial charge < -0.3 is 20.1 Å². The van der Waals surface area contributed by atoms with Gasteiger partial charge in [0.1, 0.15) is 12.2 Å². The van der Waals surface area contributed by atoms with E-state index < -0.39 is 25.0 Å². The second-order valence-corrected chi connectivity index (χ2v) is 1.82. The Morgan fingerprint density at radius 2 is 2.00 bits per heavy atom. The van der Waals surface area contributed by atoms with Crippen LogP contribution in [0.2, 0.25) is 0 Å². The molecule has 0 unspecified atom stereocenters. The highest BCUT2D eigenvalue weighted by atomic mass is 19.1. The number of carbonyl (C=O) groups is 1. The van der Waals surface area contributed by atoms with Gasteiger partial charge in [0.2, 0.25) is 0 Å². The third-order valence-electron chi connectivity index (χ3n) is 1.02. The van der Waals surface area contributed by atoms with Gasteiger partial charge in [0.25, 0.3) is 0 Å². The fraction of sp³-hybridized carbons (Fsp3) is 0.800. The van der Waals surface area contributed by atoms with Crippen molar-refractivity contribution in [1.29, 1.82) is 0 Å². The van der Waals surface area contributed by atoms with Crippen molar-refractivity contribution in [1.82, 2.24) is 0 Å². The average Bonchev–Trinajstić information content (AvgIpc) is 2.00. The molecule has 4 nitrogen and oxygen atoms in total. The third kappa shape index (κ3) is 2.38. The molecule has 3 N–H and O–H groups in total. The fourth-order valence-corrected chi connectivity index (χ4v) is 0.403. The molecule has 0 aromatic rings. The molecule has 0 rings (SSSR count). The standard InChI is InChI=1S/C5H9FO4/c6-5(3(9)1-7)4(10)2-8/h1,3-5,8-10H,2H2/t3-,4+,5-/m0/s1. The lowest BCUT2D eigenvalue weighted by Crippen LogP contribution is -2.36. The van der Waals surface area contributed by atoms with Gasteiger partial charge in [0, 0.05) is 0 Å². The van der Waals surface area contributed by atoms with Crippen LogP contribution >= 0.6 is 0 Å². The Hall–Kier alpha value is -0.520. The van der Waals surface area contributed by atoms with E-state index in [1.807, 2.05) is 0 Å². The molecule has 0 amide bonds. The molecule has 10 heavy (non-hydrogen) atoms. The molecule has 0 aromatic heterocycles. The van der Waals surface area contributed by atoms with Gasteiger partial charge in [-0.15, -0.1) is 0 Å². The highest BCUT2D eigenvalue weighted by Crippen LogP contribution is 2.02. The quantitative estimate of drug-likeness (QED) is 0.417. The highest BCUT2D eigenvalue weighted by Gasteiger charge is 2.25. The SMILES string of the molecule is O=C[C@H](O)[C@H](F)[C@H](O)CO. The van der Waals surface area contributed by atoms with Crippen LogP contribution in [0.25, 0.3) is 0 Å². The number of hydrogen-bond donors (Lipinski definition) is 3. The Balaban J connectivity index is 3.80. The normalized spacial score (nSPS) is 19.6. The molecule has 0 aliphatic rings. The summed E-state index contributed by atoms with van der Waals surface area (Å²) in [5.41, 5.74) is 0. The minimum atomic E-state index is -2.11. The molecule has 0 saturated heterocycles. The van der Waals surface area contributed by atoms with Crippen molar-refractivity contribution in [3.63, 3.8) is 0 Å². The summed E-state index contributed by atoms with van der Waals surface area (Å²) in [7, 11) is 0. The number of aliphatic hydroxyl groups excluding tert-OH is 3. The molecule has 60 valence electrons. The maximum absolute atomic E-state index is 12.3. The molecule has 0 aliphatic heterocycles. The van der Waals surface area contributed by atoms with Crippen molar-refractivity contribution in [2.75, 3.05) is 6.61 Å². The van der Waals surface area contributed by atoms with Crippen LogP contribution < -0.4 is 0 Å². The van der Waals surface area contributed by atoms with Crippen LogP contribution in [-0.4, -0.2) is 46.6 Å². The van der Waals surface area contributed by atoms with Crippen LogP contribution in [0.5, 0.6) is 0 Å². The maximum atomic E-state index is 12.3. The minimum Gasteiger partial charge on any atom is -0.394 e. The Labute approximate surface area is 56.9 Å². The molecule has 0 aromatic carbocycles. The van der Waals surface area contributed by atoms with Crippen LogP contribution in [0, 0.1) is 0 Å². The second-order valence-electron chi connectivity index (χ2n) is 1.82. The number of aliphatic hydroxyl groups is 3. The molecule has 0 aliphatic carbocycles. The van der Waals surface area contributed by atoms with E-state index in [4.69, 9.17) is 15.3 Å². The van der Waals surface area contributed by atoms with Gasteiger partial charge in [0.05, 0.1) is 6.61 Å². The molecular weight excluding hydrogens is 143 g/mol. The zero-order valence-corrected chi connectivity index (χ0v) is 5.14. The number of rotatable bonds is 4. The largest absolute Gasteiger partial charge is 0.394 e. The number of aldehydes is 1. The predicted octanol–water partition coefficient (Wildman–Crippen LogP) is -1.76. The van der Waals surface area contributed by atoms with Crippen molar-refractivity contribution >= 4 is 6.29 Å².